The van der Waals surface area contributed by atoms with Crippen LogP contribution in [0.15, 0.2) is 0 Å². The molecular weight excluding hydrogens is 244 g/mol. The number of aromatic nitrogens is 2. The van der Waals surface area contributed by atoms with E-state index in [1.54, 1.807) is 0 Å². The van der Waals surface area contributed by atoms with Gasteiger partial charge in [0.05, 0.1) is 17.5 Å². The number of hydrogen-bond acceptors (Lipinski definition) is 4. The molecule has 19 heavy (non-hydrogen) atoms. The fraction of sp³-hybridized carbons (Fsp3) is 0.692. The summed E-state index contributed by atoms with van der Waals surface area (Å²) in [5.74, 6) is 0.366. The number of carbonyl (C=O) groups is 1. The molecule has 6 heteroatoms. The van der Waals surface area contributed by atoms with E-state index in [1.165, 1.54) is 0 Å². The van der Waals surface area contributed by atoms with Gasteiger partial charge in [0, 0.05) is 19.1 Å². The zero-order chi connectivity index (χ0) is 14.0. The van der Waals surface area contributed by atoms with Crippen molar-refractivity contribution in [3.05, 3.63) is 11.4 Å². The Balaban J connectivity index is 1.96. The average molecular weight is 266 g/mol. The number of amides is 1. The summed E-state index contributed by atoms with van der Waals surface area (Å²) in [6.07, 6.45) is 1.18. The number of ether oxygens (including phenoxy) is 1. The van der Waals surface area contributed by atoms with Crippen molar-refractivity contribution < 1.29 is 9.53 Å². The van der Waals surface area contributed by atoms with Crippen molar-refractivity contribution >= 4 is 11.6 Å². The molecule has 6 nitrogen and oxygen atoms in total. The standard InChI is InChI=1S/C13H22N4O2/c1-7(2)11-10(14)12(17-16-11)13(18)15-6-9-4-5-19-8(9)3/h7-9H,4-6,14H2,1-3H3,(H,15,18)(H,16,17). The monoisotopic (exact) mass is 266 g/mol. The molecule has 2 unspecified atom stereocenters. The SMILES string of the molecule is CC(C)c1[nH]nc(C(=O)NCC2CCOC2C)c1N. The molecular formula is C13H22N4O2. The first-order valence-corrected chi connectivity index (χ1v) is 6.74. The molecule has 4 N–H and O–H groups in total. The Bertz CT molecular complexity index is 455. The van der Waals surface area contributed by atoms with Gasteiger partial charge in [0.1, 0.15) is 0 Å². The molecule has 0 radical (unpaired) electrons. The Kier molecular flexibility index (Phi) is 4.09. The Morgan fingerprint density at radius 2 is 2.37 bits per heavy atom. The fourth-order valence-electron chi connectivity index (χ4n) is 2.33. The number of rotatable bonds is 4. The third-order valence-corrected chi connectivity index (χ3v) is 3.68. The maximum absolute atomic E-state index is 12.1. The average Bonchev–Trinajstić information content (AvgIpc) is 2.92. The summed E-state index contributed by atoms with van der Waals surface area (Å²) in [5, 5.41) is 9.72. The van der Waals surface area contributed by atoms with Crippen LogP contribution < -0.4 is 11.1 Å². The Morgan fingerprint density at radius 1 is 1.63 bits per heavy atom. The number of nitrogen functional groups attached to an aromatic ring is 1. The van der Waals surface area contributed by atoms with Crippen LogP contribution in [0, 0.1) is 5.92 Å². The fourth-order valence-corrected chi connectivity index (χ4v) is 2.33. The summed E-state index contributed by atoms with van der Waals surface area (Å²) in [6, 6.07) is 0. The second-order valence-corrected chi connectivity index (χ2v) is 5.39. The quantitative estimate of drug-likeness (QED) is 0.765. The summed E-state index contributed by atoms with van der Waals surface area (Å²) in [6.45, 7) is 7.41. The zero-order valence-electron chi connectivity index (χ0n) is 11.7. The second-order valence-electron chi connectivity index (χ2n) is 5.39. The predicted molar refractivity (Wildman–Crippen MR) is 72.9 cm³/mol. The molecule has 2 atom stereocenters. The van der Waals surface area contributed by atoms with Gasteiger partial charge in [-0.1, -0.05) is 13.8 Å². The Labute approximate surface area is 113 Å². The third-order valence-electron chi connectivity index (χ3n) is 3.68. The van der Waals surface area contributed by atoms with E-state index in [-0.39, 0.29) is 23.6 Å². The first kappa shape index (κ1) is 13.9. The van der Waals surface area contributed by atoms with Gasteiger partial charge in [-0.15, -0.1) is 0 Å². The van der Waals surface area contributed by atoms with Crippen LogP contribution in [0.3, 0.4) is 0 Å². The van der Waals surface area contributed by atoms with Crippen molar-refractivity contribution in [2.24, 2.45) is 5.92 Å². The maximum atomic E-state index is 12.1. The van der Waals surface area contributed by atoms with E-state index in [0.717, 1.165) is 18.7 Å². The van der Waals surface area contributed by atoms with Gasteiger partial charge >= 0.3 is 0 Å². The normalized spacial score (nSPS) is 22.9. The van der Waals surface area contributed by atoms with Crippen LogP contribution >= 0.6 is 0 Å². The third kappa shape index (κ3) is 2.89. The van der Waals surface area contributed by atoms with Crippen molar-refractivity contribution in [2.75, 3.05) is 18.9 Å². The number of nitrogens with zero attached hydrogens (tertiary/aromatic N) is 1. The molecule has 1 fully saturated rings. The number of carbonyl (C=O) groups excluding carboxylic acids is 1. The highest BCUT2D eigenvalue weighted by molar-refractivity contribution is 5.97. The van der Waals surface area contributed by atoms with Crippen molar-refractivity contribution in [1.82, 2.24) is 15.5 Å². The number of nitrogens with one attached hydrogen (secondary N) is 2. The lowest BCUT2D eigenvalue weighted by atomic mass is 10.0. The van der Waals surface area contributed by atoms with Crippen LogP contribution in [-0.4, -0.2) is 35.4 Å². The molecule has 1 aliphatic rings. The number of hydrogen-bond donors (Lipinski definition) is 3. The van der Waals surface area contributed by atoms with Crippen LogP contribution in [-0.2, 0) is 4.74 Å². The number of anilines is 1. The molecule has 1 aromatic heterocycles. The predicted octanol–water partition coefficient (Wildman–Crippen LogP) is 1.27. The molecule has 106 valence electrons. The van der Waals surface area contributed by atoms with Gasteiger partial charge in [0.15, 0.2) is 5.69 Å². The van der Waals surface area contributed by atoms with E-state index >= 15 is 0 Å². The maximum Gasteiger partial charge on any atom is 0.273 e. The largest absolute Gasteiger partial charge is 0.395 e. The number of nitrogens with two attached hydrogens (primary N) is 1. The second kappa shape index (κ2) is 5.61. The first-order valence-electron chi connectivity index (χ1n) is 6.74. The van der Waals surface area contributed by atoms with Crippen molar-refractivity contribution in [3.8, 4) is 0 Å². The van der Waals surface area contributed by atoms with E-state index in [9.17, 15) is 4.79 Å². The van der Waals surface area contributed by atoms with E-state index in [1.807, 2.05) is 20.8 Å². The zero-order valence-corrected chi connectivity index (χ0v) is 11.7. The smallest absolute Gasteiger partial charge is 0.273 e. The summed E-state index contributed by atoms with van der Waals surface area (Å²) >= 11 is 0. The lowest BCUT2D eigenvalue weighted by Gasteiger charge is -2.14. The van der Waals surface area contributed by atoms with Crippen LogP contribution in [0.2, 0.25) is 0 Å². The van der Waals surface area contributed by atoms with Gasteiger partial charge in [-0.25, -0.2) is 0 Å². The molecule has 0 spiro atoms. The summed E-state index contributed by atoms with van der Waals surface area (Å²) in [7, 11) is 0. The van der Waals surface area contributed by atoms with Crippen LogP contribution in [0.1, 0.15) is 49.3 Å². The Morgan fingerprint density at radius 3 is 2.89 bits per heavy atom. The van der Waals surface area contributed by atoms with Crippen molar-refractivity contribution in [1.29, 1.82) is 0 Å². The van der Waals surface area contributed by atoms with Crippen molar-refractivity contribution in [3.63, 3.8) is 0 Å². The molecule has 0 bridgehead atoms. The molecule has 2 rings (SSSR count). The lowest BCUT2D eigenvalue weighted by Crippen LogP contribution is -2.32. The van der Waals surface area contributed by atoms with Crippen molar-refractivity contribution in [2.45, 2.75) is 39.2 Å². The molecule has 0 saturated carbocycles. The molecule has 1 amide bonds. The highest BCUT2D eigenvalue weighted by atomic mass is 16.5. The van der Waals surface area contributed by atoms with E-state index in [2.05, 4.69) is 15.5 Å². The molecule has 0 aliphatic carbocycles. The van der Waals surface area contributed by atoms with Gasteiger partial charge in [-0.05, 0) is 19.3 Å². The molecule has 1 saturated heterocycles. The van der Waals surface area contributed by atoms with Gasteiger partial charge in [-0.3, -0.25) is 9.89 Å². The van der Waals surface area contributed by atoms with Crippen LogP contribution in [0.5, 0.6) is 0 Å². The minimum absolute atomic E-state index is 0.197. The molecule has 0 aromatic carbocycles. The molecule has 1 aliphatic heterocycles. The van der Waals surface area contributed by atoms with E-state index in [0.29, 0.717) is 18.2 Å². The molecule has 1 aromatic rings. The summed E-state index contributed by atoms with van der Waals surface area (Å²) in [4.78, 5) is 12.1. The summed E-state index contributed by atoms with van der Waals surface area (Å²) < 4.78 is 5.46. The first-order chi connectivity index (χ1) is 9.00. The minimum atomic E-state index is -0.222. The molecule has 2 heterocycles. The topological polar surface area (TPSA) is 93.0 Å². The van der Waals surface area contributed by atoms with Crippen LogP contribution in [0.4, 0.5) is 5.69 Å². The van der Waals surface area contributed by atoms with Gasteiger partial charge in [0.2, 0.25) is 0 Å². The Hall–Kier alpha value is -1.56. The van der Waals surface area contributed by atoms with Gasteiger partial charge in [-0.2, -0.15) is 5.10 Å². The summed E-state index contributed by atoms with van der Waals surface area (Å²) in [5.41, 5.74) is 7.48. The minimum Gasteiger partial charge on any atom is -0.395 e. The van der Waals surface area contributed by atoms with E-state index in [4.69, 9.17) is 10.5 Å². The number of aromatic amines is 1. The lowest BCUT2D eigenvalue weighted by molar-refractivity contribution is 0.0904. The van der Waals surface area contributed by atoms with E-state index < -0.39 is 0 Å². The highest BCUT2D eigenvalue weighted by Crippen LogP contribution is 2.22. The van der Waals surface area contributed by atoms with Gasteiger partial charge < -0.3 is 15.8 Å². The highest BCUT2D eigenvalue weighted by Gasteiger charge is 2.25. The van der Waals surface area contributed by atoms with Crippen LogP contribution in [0.25, 0.3) is 0 Å². The number of H-pyrrole nitrogens is 1. The van der Waals surface area contributed by atoms with Gasteiger partial charge in [0.25, 0.3) is 5.91 Å².